The average Bonchev–Trinajstić information content (AvgIpc) is 2.27. The first-order valence-corrected chi connectivity index (χ1v) is 5.42. The van der Waals surface area contributed by atoms with Crippen LogP contribution in [-0.4, -0.2) is 16.9 Å². The van der Waals surface area contributed by atoms with E-state index >= 15 is 0 Å². The zero-order valence-corrected chi connectivity index (χ0v) is 9.85. The molecule has 1 atom stereocenters. The number of anilines is 1. The molecule has 3 N–H and O–H groups in total. The van der Waals surface area contributed by atoms with Gasteiger partial charge < -0.3 is 11.1 Å². The summed E-state index contributed by atoms with van der Waals surface area (Å²) >= 11 is 0. The highest BCUT2D eigenvalue weighted by Crippen LogP contribution is 2.20. The Morgan fingerprint density at radius 1 is 1.56 bits per heavy atom. The first kappa shape index (κ1) is 14.0. The van der Waals surface area contributed by atoms with E-state index < -0.39 is 22.3 Å². The Kier molecular flexibility index (Phi) is 4.73. The Hall–Kier alpha value is -2.02. The highest BCUT2D eigenvalue weighted by molar-refractivity contribution is 5.91. The summed E-state index contributed by atoms with van der Waals surface area (Å²) in [5, 5.41) is 12.9. The van der Waals surface area contributed by atoms with Gasteiger partial charge in [-0.2, -0.15) is 0 Å². The number of hydrogen-bond donors (Lipinski definition) is 2. The Bertz CT molecular complexity index is 465. The van der Waals surface area contributed by atoms with Gasteiger partial charge in [0, 0.05) is 18.5 Å². The molecule has 6 nitrogen and oxygen atoms in total. The summed E-state index contributed by atoms with van der Waals surface area (Å²) in [6.45, 7) is 1.84. The zero-order chi connectivity index (χ0) is 13.7. The number of halogens is 1. The predicted octanol–water partition coefficient (Wildman–Crippen LogP) is 1.80. The zero-order valence-electron chi connectivity index (χ0n) is 9.85. The van der Waals surface area contributed by atoms with Crippen molar-refractivity contribution in [2.24, 2.45) is 5.73 Å². The van der Waals surface area contributed by atoms with Gasteiger partial charge >= 0.3 is 0 Å². The molecule has 18 heavy (non-hydrogen) atoms. The third kappa shape index (κ3) is 4.10. The Labute approximate surface area is 103 Å². The van der Waals surface area contributed by atoms with Crippen molar-refractivity contribution in [2.75, 3.05) is 5.32 Å². The standard InChI is InChI=1S/C11H14FN3O3/c1-2-8(13)5-11(16)14-9-3-7(12)4-10(6-9)15(17)18/h3-4,6,8H,2,5,13H2,1H3,(H,14,16). The highest BCUT2D eigenvalue weighted by atomic mass is 19.1. The molecule has 7 heteroatoms. The molecule has 0 saturated heterocycles. The van der Waals surface area contributed by atoms with Crippen molar-refractivity contribution in [1.29, 1.82) is 0 Å². The number of benzene rings is 1. The summed E-state index contributed by atoms with van der Waals surface area (Å²) in [5.74, 6) is -1.18. The lowest BCUT2D eigenvalue weighted by Gasteiger charge is -2.09. The molecule has 0 aliphatic heterocycles. The Morgan fingerprint density at radius 3 is 2.78 bits per heavy atom. The van der Waals surface area contributed by atoms with E-state index in [-0.39, 0.29) is 18.2 Å². The molecule has 0 heterocycles. The molecule has 1 aromatic rings. The van der Waals surface area contributed by atoms with E-state index in [1.54, 1.807) is 0 Å². The van der Waals surface area contributed by atoms with Crippen molar-refractivity contribution in [3.05, 3.63) is 34.1 Å². The second-order valence-electron chi connectivity index (χ2n) is 3.88. The van der Waals surface area contributed by atoms with Crippen LogP contribution >= 0.6 is 0 Å². The molecule has 0 aromatic heterocycles. The fourth-order valence-corrected chi connectivity index (χ4v) is 1.35. The maximum atomic E-state index is 13.1. The minimum atomic E-state index is -0.778. The first-order chi connectivity index (χ1) is 8.42. The van der Waals surface area contributed by atoms with Crippen molar-refractivity contribution >= 4 is 17.3 Å². The lowest BCUT2D eigenvalue weighted by molar-refractivity contribution is -0.385. The monoisotopic (exact) mass is 255 g/mol. The van der Waals surface area contributed by atoms with E-state index in [2.05, 4.69) is 5.32 Å². The molecule has 0 radical (unpaired) electrons. The molecule has 0 aliphatic carbocycles. The van der Waals surface area contributed by atoms with Gasteiger partial charge in [0.25, 0.3) is 5.69 Å². The molecule has 0 fully saturated rings. The number of rotatable bonds is 5. The van der Waals surface area contributed by atoms with Gasteiger partial charge in [-0.25, -0.2) is 4.39 Å². The molecule has 1 amide bonds. The van der Waals surface area contributed by atoms with Crippen LogP contribution in [-0.2, 0) is 4.79 Å². The van der Waals surface area contributed by atoms with Crippen LogP contribution in [0.3, 0.4) is 0 Å². The minimum Gasteiger partial charge on any atom is -0.327 e. The van der Waals surface area contributed by atoms with Crippen LogP contribution in [0.1, 0.15) is 19.8 Å². The van der Waals surface area contributed by atoms with Crippen LogP contribution in [0, 0.1) is 15.9 Å². The van der Waals surface area contributed by atoms with E-state index in [1.165, 1.54) is 0 Å². The number of nitrogens with two attached hydrogens (primary N) is 1. The number of nitrogens with one attached hydrogen (secondary N) is 1. The van der Waals surface area contributed by atoms with E-state index in [0.29, 0.717) is 6.42 Å². The van der Waals surface area contributed by atoms with Crippen molar-refractivity contribution in [1.82, 2.24) is 0 Å². The van der Waals surface area contributed by atoms with Gasteiger partial charge in [-0.3, -0.25) is 14.9 Å². The number of non-ortho nitro benzene ring substituents is 1. The van der Waals surface area contributed by atoms with Crippen LogP contribution in [0.5, 0.6) is 0 Å². The second-order valence-corrected chi connectivity index (χ2v) is 3.88. The number of amides is 1. The van der Waals surface area contributed by atoms with Gasteiger partial charge in [-0.05, 0) is 12.5 Å². The number of carbonyl (C=O) groups is 1. The van der Waals surface area contributed by atoms with Gasteiger partial charge in [-0.1, -0.05) is 6.92 Å². The number of nitro benzene ring substituents is 1. The van der Waals surface area contributed by atoms with E-state index in [1.807, 2.05) is 6.92 Å². The third-order valence-electron chi connectivity index (χ3n) is 2.35. The van der Waals surface area contributed by atoms with Gasteiger partial charge in [0.1, 0.15) is 5.82 Å². The highest BCUT2D eigenvalue weighted by Gasteiger charge is 2.13. The van der Waals surface area contributed by atoms with Crippen molar-refractivity contribution < 1.29 is 14.1 Å². The van der Waals surface area contributed by atoms with Crippen LogP contribution in [0.25, 0.3) is 0 Å². The summed E-state index contributed by atoms with van der Waals surface area (Å²) in [5.41, 5.74) is 5.23. The molecular formula is C11H14FN3O3. The summed E-state index contributed by atoms with van der Waals surface area (Å²) < 4.78 is 13.1. The number of nitrogens with zero attached hydrogens (tertiary/aromatic N) is 1. The average molecular weight is 255 g/mol. The fraction of sp³-hybridized carbons (Fsp3) is 0.364. The van der Waals surface area contributed by atoms with E-state index in [4.69, 9.17) is 5.73 Å². The SMILES string of the molecule is CCC(N)CC(=O)Nc1cc(F)cc([N+](=O)[O-])c1. The summed E-state index contributed by atoms with van der Waals surface area (Å²) in [6, 6.07) is 2.61. The molecule has 0 aliphatic rings. The predicted molar refractivity (Wildman–Crippen MR) is 64.6 cm³/mol. The molecule has 0 saturated carbocycles. The lowest BCUT2D eigenvalue weighted by Crippen LogP contribution is -2.26. The normalized spacial score (nSPS) is 11.9. The topological polar surface area (TPSA) is 98.3 Å². The first-order valence-electron chi connectivity index (χ1n) is 5.42. The number of hydrogen-bond acceptors (Lipinski definition) is 4. The molecule has 98 valence electrons. The van der Waals surface area contributed by atoms with Crippen LogP contribution in [0.15, 0.2) is 18.2 Å². The number of nitro groups is 1. The van der Waals surface area contributed by atoms with Crippen molar-refractivity contribution in [3.8, 4) is 0 Å². The fourth-order valence-electron chi connectivity index (χ4n) is 1.35. The smallest absolute Gasteiger partial charge is 0.274 e. The molecule has 0 bridgehead atoms. The second kappa shape index (κ2) is 6.06. The summed E-state index contributed by atoms with van der Waals surface area (Å²) in [4.78, 5) is 21.3. The van der Waals surface area contributed by atoms with E-state index in [9.17, 15) is 19.3 Å². The van der Waals surface area contributed by atoms with Gasteiger partial charge in [-0.15, -0.1) is 0 Å². The quantitative estimate of drug-likeness (QED) is 0.619. The van der Waals surface area contributed by atoms with E-state index in [0.717, 1.165) is 18.2 Å². The lowest BCUT2D eigenvalue weighted by atomic mass is 10.1. The van der Waals surface area contributed by atoms with Gasteiger partial charge in [0.15, 0.2) is 0 Å². The summed E-state index contributed by atoms with van der Waals surface area (Å²) in [6.07, 6.45) is 0.720. The molecular weight excluding hydrogens is 241 g/mol. The van der Waals surface area contributed by atoms with Crippen molar-refractivity contribution in [2.45, 2.75) is 25.8 Å². The molecule has 0 spiro atoms. The van der Waals surface area contributed by atoms with Crippen LogP contribution in [0.4, 0.5) is 15.8 Å². The molecule has 1 aromatic carbocycles. The van der Waals surface area contributed by atoms with Gasteiger partial charge in [0.05, 0.1) is 16.7 Å². The van der Waals surface area contributed by atoms with Gasteiger partial charge in [0.2, 0.25) is 5.91 Å². The maximum Gasteiger partial charge on any atom is 0.274 e. The largest absolute Gasteiger partial charge is 0.327 e. The van der Waals surface area contributed by atoms with Crippen molar-refractivity contribution in [3.63, 3.8) is 0 Å². The third-order valence-corrected chi connectivity index (χ3v) is 2.35. The Morgan fingerprint density at radius 2 is 2.22 bits per heavy atom. The van der Waals surface area contributed by atoms with Crippen LogP contribution < -0.4 is 11.1 Å². The number of carbonyl (C=O) groups excluding carboxylic acids is 1. The molecule has 1 unspecified atom stereocenters. The minimum absolute atomic E-state index is 0.0509. The Balaban J connectivity index is 2.78. The van der Waals surface area contributed by atoms with Crippen LogP contribution in [0.2, 0.25) is 0 Å². The molecule has 1 rings (SSSR count). The maximum absolute atomic E-state index is 13.1. The summed E-state index contributed by atoms with van der Waals surface area (Å²) in [7, 11) is 0.